The van der Waals surface area contributed by atoms with E-state index in [0.717, 1.165) is 22.8 Å². The fourth-order valence-electron chi connectivity index (χ4n) is 1.99. The van der Waals surface area contributed by atoms with Crippen molar-refractivity contribution >= 4 is 28.9 Å². The Bertz CT molecular complexity index is 553. The van der Waals surface area contributed by atoms with Crippen LogP contribution >= 0.6 is 23.2 Å². The van der Waals surface area contributed by atoms with Crippen LogP contribution in [0.3, 0.4) is 0 Å². The average Bonchev–Trinajstić information content (AvgIpc) is 2.39. The van der Waals surface area contributed by atoms with Gasteiger partial charge in [-0.15, -0.1) is 0 Å². The second-order valence-corrected chi connectivity index (χ2v) is 5.25. The van der Waals surface area contributed by atoms with E-state index < -0.39 is 0 Å². The molecule has 0 aliphatic heterocycles. The van der Waals surface area contributed by atoms with Crippen molar-refractivity contribution in [3.8, 4) is 0 Å². The van der Waals surface area contributed by atoms with Gasteiger partial charge in [0.2, 0.25) is 0 Å². The number of nitrogens with one attached hydrogen (secondary N) is 1. The minimum atomic E-state index is 0.235. The molecule has 1 atom stereocenters. The first-order valence-electron chi connectivity index (χ1n) is 6.25. The Morgan fingerprint density at radius 1 is 1.11 bits per heavy atom. The van der Waals surface area contributed by atoms with Crippen molar-refractivity contribution in [3.63, 3.8) is 0 Å². The first-order valence-corrected chi connectivity index (χ1v) is 7.01. The van der Waals surface area contributed by atoms with E-state index in [-0.39, 0.29) is 6.04 Å². The molecular weight excluding hydrogens is 279 g/mol. The zero-order valence-corrected chi connectivity index (χ0v) is 12.5. The van der Waals surface area contributed by atoms with Crippen LogP contribution in [-0.4, -0.2) is 4.98 Å². The third-order valence-corrected chi connectivity index (χ3v) is 3.52. The number of aryl methyl sites for hydroxylation is 1. The molecule has 0 spiro atoms. The molecule has 0 aliphatic rings. The number of hydrogen-bond acceptors (Lipinski definition) is 2. The molecule has 1 unspecified atom stereocenters. The summed E-state index contributed by atoms with van der Waals surface area (Å²) >= 11 is 11.8. The normalized spacial score (nSPS) is 12.2. The van der Waals surface area contributed by atoms with E-state index in [0.29, 0.717) is 5.15 Å². The quantitative estimate of drug-likeness (QED) is 0.778. The van der Waals surface area contributed by atoms with Crippen molar-refractivity contribution < 1.29 is 0 Å². The van der Waals surface area contributed by atoms with Gasteiger partial charge in [0.1, 0.15) is 5.15 Å². The predicted molar refractivity (Wildman–Crippen MR) is 82.1 cm³/mol. The number of pyridine rings is 1. The summed E-state index contributed by atoms with van der Waals surface area (Å²) in [6.07, 6.45) is 0.976. The molecule has 1 N–H and O–H groups in total. The molecule has 19 heavy (non-hydrogen) atoms. The van der Waals surface area contributed by atoms with Crippen LogP contribution in [-0.2, 0) is 0 Å². The van der Waals surface area contributed by atoms with Gasteiger partial charge < -0.3 is 5.32 Å². The Balaban J connectivity index is 2.21. The summed E-state index contributed by atoms with van der Waals surface area (Å²) in [5.41, 5.74) is 3.12. The van der Waals surface area contributed by atoms with Gasteiger partial charge in [0.15, 0.2) is 0 Å². The molecule has 2 rings (SSSR count). The number of halogens is 2. The first kappa shape index (κ1) is 14.2. The van der Waals surface area contributed by atoms with Crippen LogP contribution in [0.15, 0.2) is 36.4 Å². The van der Waals surface area contributed by atoms with Gasteiger partial charge in [0.05, 0.1) is 17.4 Å². The third-order valence-electron chi connectivity index (χ3n) is 3.06. The number of rotatable bonds is 4. The minimum absolute atomic E-state index is 0.235. The van der Waals surface area contributed by atoms with Crippen molar-refractivity contribution in [2.45, 2.75) is 26.3 Å². The van der Waals surface area contributed by atoms with Crippen molar-refractivity contribution in [3.05, 3.63) is 57.8 Å². The molecule has 0 saturated carbocycles. The topological polar surface area (TPSA) is 24.9 Å². The monoisotopic (exact) mass is 294 g/mol. The Morgan fingerprint density at radius 2 is 1.79 bits per heavy atom. The largest absolute Gasteiger partial charge is 0.377 e. The maximum absolute atomic E-state index is 5.92. The van der Waals surface area contributed by atoms with E-state index in [1.54, 1.807) is 6.07 Å². The van der Waals surface area contributed by atoms with Crippen LogP contribution in [0.4, 0.5) is 5.69 Å². The van der Waals surface area contributed by atoms with Crippen LogP contribution < -0.4 is 5.32 Å². The van der Waals surface area contributed by atoms with E-state index in [2.05, 4.69) is 17.2 Å². The lowest BCUT2D eigenvalue weighted by Crippen LogP contribution is -2.11. The number of aromatic nitrogens is 1. The maximum Gasteiger partial charge on any atom is 0.129 e. The fraction of sp³-hybridized carbons (Fsp3) is 0.267. The molecule has 0 radical (unpaired) electrons. The van der Waals surface area contributed by atoms with Crippen molar-refractivity contribution in [2.24, 2.45) is 0 Å². The molecule has 0 bridgehead atoms. The maximum atomic E-state index is 5.92. The van der Waals surface area contributed by atoms with E-state index in [4.69, 9.17) is 23.2 Å². The standard InChI is InChI=1S/C15H16Cl2N2/c1-3-13(11-4-6-12(16)7-5-11)19-14-8-9-15(17)18-10(14)2/h4-9,13,19H,3H2,1-2H3. The Morgan fingerprint density at radius 3 is 2.37 bits per heavy atom. The molecule has 0 fully saturated rings. The number of anilines is 1. The molecule has 1 aromatic heterocycles. The van der Waals surface area contributed by atoms with Crippen LogP contribution in [0.25, 0.3) is 0 Å². The zero-order chi connectivity index (χ0) is 13.8. The van der Waals surface area contributed by atoms with E-state index >= 15 is 0 Å². The molecular formula is C15H16Cl2N2. The van der Waals surface area contributed by atoms with Crippen molar-refractivity contribution in [1.29, 1.82) is 0 Å². The van der Waals surface area contributed by atoms with Gasteiger partial charge in [-0.05, 0) is 43.2 Å². The first-order chi connectivity index (χ1) is 9.10. The van der Waals surface area contributed by atoms with Crippen molar-refractivity contribution in [2.75, 3.05) is 5.32 Å². The van der Waals surface area contributed by atoms with Gasteiger partial charge >= 0.3 is 0 Å². The van der Waals surface area contributed by atoms with Gasteiger partial charge in [-0.25, -0.2) is 4.98 Å². The van der Waals surface area contributed by atoms with Crippen LogP contribution in [0.1, 0.15) is 30.6 Å². The zero-order valence-electron chi connectivity index (χ0n) is 11.0. The van der Waals surface area contributed by atoms with Crippen molar-refractivity contribution in [1.82, 2.24) is 4.98 Å². The highest BCUT2D eigenvalue weighted by Crippen LogP contribution is 2.25. The Hall–Kier alpha value is -1.25. The molecule has 2 aromatic rings. The second-order valence-electron chi connectivity index (χ2n) is 4.42. The van der Waals surface area contributed by atoms with Crippen LogP contribution in [0.5, 0.6) is 0 Å². The summed E-state index contributed by atoms with van der Waals surface area (Å²) in [6, 6.07) is 11.9. The van der Waals surface area contributed by atoms with E-state index in [1.165, 1.54) is 5.56 Å². The lowest BCUT2D eigenvalue weighted by Gasteiger charge is -2.20. The molecule has 1 heterocycles. The van der Waals surface area contributed by atoms with E-state index in [1.807, 2.05) is 37.3 Å². The Labute approximate surface area is 123 Å². The summed E-state index contributed by atoms with van der Waals surface area (Å²) in [7, 11) is 0. The average molecular weight is 295 g/mol. The highest BCUT2D eigenvalue weighted by atomic mass is 35.5. The lowest BCUT2D eigenvalue weighted by molar-refractivity contribution is 0.747. The smallest absolute Gasteiger partial charge is 0.129 e. The summed E-state index contributed by atoms with van der Waals surface area (Å²) < 4.78 is 0. The fourth-order valence-corrected chi connectivity index (χ4v) is 2.30. The highest BCUT2D eigenvalue weighted by Gasteiger charge is 2.10. The highest BCUT2D eigenvalue weighted by molar-refractivity contribution is 6.30. The molecule has 0 aliphatic carbocycles. The van der Waals surface area contributed by atoms with Gasteiger partial charge in [-0.1, -0.05) is 42.3 Å². The Kier molecular flexibility index (Phi) is 4.67. The molecule has 0 saturated heterocycles. The lowest BCUT2D eigenvalue weighted by atomic mass is 10.0. The van der Waals surface area contributed by atoms with Gasteiger partial charge in [0.25, 0.3) is 0 Å². The SMILES string of the molecule is CCC(Nc1ccc(Cl)nc1C)c1ccc(Cl)cc1. The third kappa shape index (κ3) is 3.62. The van der Waals surface area contributed by atoms with Gasteiger partial charge in [-0.3, -0.25) is 0 Å². The summed E-state index contributed by atoms with van der Waals surface area (Å²) in [5, 5.41) is 4.76. The molecule has 2 nitrogen and oxygen atoms in total. The number of hydrogen-bond donors (Lipinski definition) is 1. The van der Waals surface area contributed by atoms with Crippen LogP contribution in [0.2, 0.25) is 10.2 Å². The number of nitrogens with zero attached hydrogens (tertiary/aromatic N) is 1. The summed E-state index contributed by atoms with van der Waals surface area (Å²) in [6.45, 7) is 4.09. The predicted octanol–water partition coefficient (Wildman–Crippen LogP) is 5.26. The molecule has 100 valence electrons. The molecule has 0 amide bonds. The summed E-state index contributed by atoms with van der Waals surface area (Å²) in [4.78, 5) is 4.25. The van der Waals surface area contributed by atoms with Gasteiger partial charge in [-0.2, -0.15) is 0 Å². The molecule has 4 heteroatoms. The van der Waals surface area contributed by atoms with Gasteiger partial charge in [0, 0.05) is 5.02 Å². The number of benzene rings is 1. The summed E-state index contributed by atoms with van der Waals surface area (Å²) in [5.74, 6) is 0. The van der Waals surface area contributed by atoms with Crippen LogP contribution in [0, 0.1) is 6.92 Å². The minimum Gasteiger partial charge on any atom is -0.377 e. The molecule has 1 aromatic carbocycles. The second kappa shape index (κ2) is 6.27. The van der Waals surface area contributed by atoms with E-state index in [9.17, 15) is 0 Å².